The summed E-state index contributed by atoms with van der Waals surface area (Å²) in [7, 11) is 0. The molecule has 0 spiro atoms. The lowest BCUT2D eigenvalue weighted by atomic mass is 10.0. The molecule has 140 valence electrons. The maximum Gasteiger partial charge on any atom is 0.260 e. The van der Waals surface area contributed by atoms with Crippen LogP contribution in [0, 0.1) is 6.92 Å². The second-order valence-electron chi connectivity index (χ2n) is 7.39. The number of carbonyl (C=O) groups excluding carboxylic acids is 1. The van der Waals surface area contributed by atoms with Crippen molar-refractivity contribution in [2.75, 3.05) is 0 Å². The van der Waals surface area contributed by atoms with E-state index in [-0.39, 0.29) is 11.9 Å². The van der Waals surface area contributed by atoms with Crippen LogP contribution in [-0.2, 0) is 11.2 Å². The Bertz CT molecular complexity index is 709. The Morgan fingerprint density at radius 1 is 1.04 bits per heavy atom. The molecule has 2 aromatic carbocycles. The molecule has 0 aliphatic rings. The van der Waals surface area contributed by atoms with Crippen molar-refractivity contribution < 1.29 is 9.53 Å². The molecule has 2 atom stereocenters. The van der Waals surface area contributed by atoms with Gasteiger partial charge in [-0.05, 0) is 62.3 Å². The molecule has 0 saturated heterocycles. The summed E-state index contributed by atoms with van der Waals surface area (Å²) < 4.78 is 6.00. The third-order valence-corrected chi connectivity index (χ3v) is 4.56. The third kappa shape index (κ3) is 5.91. The maximum absolute atomic E-state index is 12.5. The molecule has 0 saturated carbocycles. The summed E-state index contributed by atoms with van der Waals surface area (Å²) >= 11 is 0. The molecule has 0 aromatic heterocycles. The van der Waals surface area contributed by atoms with Crippen molar-refractivity contribution in [3.8, 4) is 5.75 Å². The molecule has 0 aliphatic carbocycles. The first-order valence-corrected chi connectivity index (χ1v) is 9.48. The van der Waals surface area contributed by atoms with Gasteiger partial charge in [-0.25, -0.2) is 0 Å². The van der Waals surface area contributed by atoms with Gasteiger partial charge in [0.15, 0.2) is 6.10 Å². The second kappa shape index (κ2) is 9.42. The number of rotatable bonds is 8. The van der Waals surface area contributed by atoms with Crippen molar-refractivity contribution in [1.29, 1.82) is 0 Å². The summed E-state index contributed by atoms with van der Waals surface area (Å²) in [6.45, 7) is 10.2. The Hall–Kier alpha value is -2.29. The fourth-order valence-corrected chi connectivity index (χ4v) is 2.92. The van der Waals surface area contributed by atoms with E-state index in [2.05, 4.69) is 43.4 Å². The Morgan fingerprint density at radius 2 is 1.73 bits per heavy atom. The first kappa shape index (κ1) is 20.0. The second-order valence-corrected chi connectivity index (χ2v) is 7.39. The van der Waals surface area contributed by atoms with Crippen molar-refractivity contribution >= 4 is 5.91 Å². The summed E-state index contributed by atoms with van der Waals surface area (Å²) in [5.74, 6) is 1.09. The quantitative estimate of drug-likeness (QED) is 0.723. The summed E-state index contributed by atoms with van der Waals surface area (Å²) in [6, 6.07) is 16.6. The van der Waals surface area contributed by atoms with Crippen LogP contribution in [0.5, 0.6) is 5.75 Å². The number of ether oxygens (including phenoxy) is 1. The average molecular weight is 354 g/mol. The van der Waals surface area contributed by atoms with Gasteiger partial charge in [0.25, 0.3) is 5.91 Å². The van der Waals surface area contributed by atoms with Gasteiger partial charge in [0.1, 0.15) is 5.75 Å². The van der Waals surface area contributed by atoms with E-state index >= 15 is 0 Å². The van der Waals surface area contributed by atoms with Gasteiger partial charge in [0.05, 0.1) is 0 Å². The average Bonchev–Trinajstić information content (AvgIpc) is 2.60. The van der Waals surface area contributed by atoms with Crippen LogP contribution in [0.4, 0.5) is 0 Å². The van der Waals surface area contributed by atoms with Gasteiger partial charge >= 0.3 is 0 Å². The Balaban J connectivity index is 1.90. The monoisotopic (exact) mass is 353 g/mol. The highest BCUT2D eigenvalue weighted by Gasteiger charge is 2.19. The van der Waals surface area contributed by atoms with Gasteiger partial charge in [-0.2, -0.15) is 0 Å². The van der Waals surface area contributed by atoms with Gasteiger partial charge in [-0.3, -0.25) is 4.79 Å². The molecular formula is C23H31NO2. The van der Waals surface area contributed by atoms with Crippen LogP contribution in [0.25, 0.3) is 0 Å². The lowest BCUT2D eigenvalue weighted by Crippen LogP contribution is -2.41. The molecule has 0 bridgehead atoms. The van der Waals surface area contributed by atoms with Crippen molar-refractivity contribution in [1.82, 2.24) is 5.32 Å². The topological polar surface area (TPSA) is 38.3 Å². The Labute approximate surface area is 157 Å². The molecule has 2 rings (SSSR count). The number of amides is 1. The van der Waals surface area contributed by atoms with Crippen LogP contribution in [0.15, 0.2) is 48.5 Å². The number of carbonyl (C=O) groups is 1. The smallest absolute Gasteiger partial charge is 0.260 e. The highest BCUT2D eigenvalue weighted by atomic mass is 16.5. The van der Waals surface area contributed by atoms with Gasteiger partial charge < -0.3 is 10.1 Å². The van der Waals surface area contributed by atoms with Crippen LogP contribution in [0.1, 0.15) is 56.7 Å². The van der Waals surface area contributed by atoms with E-state index < -0.39 is 6.10 Å². The van der Waals surface area contributed by atoms with Gasteiger partial charge in [-0.15, -0.1) is 0 Å². The van der Waals surface area contributed by atoms with Crippen molar-refractivity contribution in [3.63, 3.8) is 0 Å². The minimum Gasteiger partial charge on any atom is -0.481 e. The molecule has 3 nitrogen and oxygen atoms in total. The number of hydrogen-bond donors (Lipinski definition) is 1. The predicted molar refractivity (Wildman–Crippen MR) is 108 cm³/mol. The summed E-state index contributed by atoms with van der Waals surface area (Å²) in [5, 5.41) is 3.07. The van der Waals surface area contributed by atoms with E-state index in [0.29, 0.717) is 5.92 Å². The van der Waals surface area contributed by atoms with E-state index in [0.717, 1.165) is 29.7 Å². The standard InChI is InChI=1S/C23H31NO2/c1-16(2)21-14-11-17(3)15-22(21)26-19(5)23(25)24-18(4)12-13-20-9-7-6-8-10-20/h6-11,14-16,18-19H,12-13H2,1-5H3,(H,24,25)/t18-,19+/m0/s1. The van der Waals surface area contributed by atoms with E-state index in [1.807, 2.05) is 45.0 Å². The van der Waals surface area contributed by atoms with Crippen LogP contribution in [0.2, 0.25) is 0 Å². The van der Waals surface area contributed by atoms with E-state index in [1.165, 1.54) is 5.56 Å². The van der Waals surface area contributed by atoms with Crippen LogP contribution < -0.4 is 10.1 Å². The zero-order valence-corrected chi connectivity index (χ0v) is 16.6. The maximum atomic E-state index is 12.5. The molecule has 26 heavy (non-hydrogen) atoms. The fraction of sp³-hybridized carbons (Fsp3) is 0.435. The number of hydrogen-bond acceptors (Lipinski definition) is 2. The lowest BCUT2D eigenvalue weighted by Gasteiger charge is -2.21. The van der Waals surface area contributed by atoms with Crippen LogP contribution >= 0.6 is 0 Å². The largest absolute Gasteiger partial charge is 0.481 e. The molecule has 0 aliphatic heterocycles. The number of benzene rings is 2. The summed E-state index contributed by atoms with van der Waals surface area (Å²) in [5.41, 5.74) is 3.56. The zero-order valence-electron chi connectivity index (χ0n) is 16.6. The van der Waals surface area contributed by atoms with Gasteiger partial charge in [0.2, 0.25) is 0 Å². The van der Waals surface area contributed by atoms with Crippen molar-refractivity contribution in [3.05, 3.63) is 65.2 Å². The molecule has 0 unspecified atom stereocenters. The van der Waals surface area contributed by atoms with E-state index in [4.69, 9.17) is 4.74 Å². The zero-order chi connectivity index (χ0) is 19.1. The minimum atomic E-state index is -0.520. The molecule has 1 N–H and O–H groups in total. The minimum absolute atomic E-state index is 0.0678. The number of aryl methyl sites for hydroxylation is 2. The summed E-state index contributed by atoms with van der Waals surface area (Å²) in [6.07, 6.45) is 1.34. The molecule has 0 radical (unpaired) electrons. The van der Waals surface area contributed by atoms with Crippen molar-refractivity contribution in [2.24, 2.45) is 0 Å². The van der Waals surface area contributed by atoms with Gasteiger partial charge in [-0.1, -0.05) is 56.3 Å². The highest BCUT2D eigenvalue weighted by molar-refractivity contribution is 5.81. The molecule has 0 fully saturated rings. The SMILES string of the molecule is Cc1ccc(C(C)C)c(O[C@H](C)C(=O)N[C@@H](C)CCc2ccccc2)c1. The van der Waals surface area contributed by atoms with Crippen molar-refractivity contribution in [2.45, 2.75) is 65.5 Å². The van der Waals surface area contributed by atoms with E-state index in [9.17, 15) is 4.79 Å². The summed E-state index contributed by atoms with van der Waals surface area (Å²) in [4.78, 5) is 12.5. The first-order valence-electron chi connectivity index (χ1n) is 9.48. The molecule has 3 heteroatoms. The molecule has 2 aromatic rings. The Kier molecular flexibility index (Phi) is 7.26. The number of nitrogens with one attached hydrogen (secondary N) is 1. The molecular weight excluding hydrogens is 322 g/mol. The lowest BCUT2D eigenvalue weighted by molar-refractivity contribution is -0.127. The molecule has 1 amide bonds. The fourth-order valence-electron chi connectivity index (χ4n) is 2.92. The Morgan fingerprint density at radius 3 is 2.38 bits per heavy atom. The highest BCUT2D eigenvalue weighted by Crippen LogP contribution is 2.28. The van der Waals surface area contributed by atoms with E-state index in [1.54, 1.807) is 0 Å². The van der Waals surface area contributed by atoms with Gasteiger partial charge in [0, 0.05) is 6.04 Å². The van der Waals surface area contributed by atoms with Crippen LogP contribution in [-0.4, -0.2) is 18.1 Å². The normalized spacial score (nSPS) is 13.3. The van der Waals surface area contributed by atoms with Crippen LogP contribution in [0.3, 0.4) is 0 Å². The predicted octanol–water partition coefficient (Wildman–Crippen LogP) is 5.02. The first-order chi connectivity index (χ1) is 12.4. The molecule has 0 heterocycles. The third-order valence-electron chi connectivity index (χ3n) is 4.56.